The fraction of sp³-hybridized carbons (Fsp3) is 0.150. The van der Waals surface area contributed by atoms with Gasteiger partial charge in [-0.1, -0.05) is 27.5 Å². The Hall–Kier alpha value is -2.48. The number of benzene rings is 1. The Balaban J connectivity index is 2.08. The van der Waals surface area contributed by atoms with Gasteiger partial charge in [0.1, 0.15) is 10.3 Å². The van der Waals surface area contributed by atoms with Crippen molar-refractivity contribution in [3.8, 4) is 5.82 Å². The van der Waals surface area contributed by atoms with Gasteiger partial charge in [-0.05, 0) is 70.0 Å². The fourth-order valence-corrected chi connectivity index (χ4v) is 4.87. The Kier molecular flexibility index (Phi) is 8.34. The van der Waals surface area contributed by atoms with E-state index in [1.165, 1.54) is 16.9 Å². The van der Waals surface area contributed by atoms with E-state index in [-0.39, 0.29) is 34.3 Å². The number of hydrogen-bond acceptors (Lipinski definition) is 5. The number of carbonyl (C=O) groups excluding carboxylic acids is 2. The minimum atomic E-state index is -1.40. The van der Waals surface area contributed by atoms with Gasteiger partial charge in [-0.3, -0.25) is 9.59 Å². The van der Waals surface area contributed by atoms with E-state index in [0.717, 1.165) is 5.01 Å². The largest absolute Gasteiger partial charge is 0.464 e. The SMILES string of the molecule is CCN(NC(=O)O)C(=O)c1cc(Br)cc(Br)c1NC(=O)c1c(C)c(Br)nn1-c1ncccc1Cl. The summed E-state index contributed by atoms with van der Waals surface area (Å²) < 4.78 is 2.64. The first-order valence-electron chi connectivity index (χ1n) is 9.53. The Morgan fingerprint density at radius 3 is 2.56 bits per heavy atom. The molecular weight excluding hydrogens is 663 g/mol. The van der Waals surface area contributed by atoms with E-state index in [2.05, 4.69) is 63.2 Å². The Bertz CT molecular complexity index is 1300. The summed E-state index contributed by atoms with van der Waals surface area (Å²) in [6.07, 6.45) is 0.122. The van der Waals surface area contributed by atoms with Gasteiger partial charge >= 0.3 is 6.09 Å². The first-order valence-corrected chi connectivity index (χ1v) is 12.3. The number of halogens is 4. The third kappa shape index (κ3) is 5.43. The zero-order valence-corrected chi connectivity index (χ0v) is 23.1. The number of aromatic nitrogens is 3. The molecule has 34 heavy (non-hydrogen) atoms. The van der Waals surface area contributed by atoms with Crippen LogP contribution in [0, 0.1) is 6.92 Å². The summed E-state index contributed by atoms with van der Waals surface area (Å²) in [6.45, 7) is 3.35. The molecule has 0 saturated carbocycles. The molecule has 3 aromatic rings. The van der Waals surface area contributed by atoms with Crippen LogP contribution in [0.1, 0.15) is 33.3 Å². The van der Waals surface area contributed by atoms with Crippen molar-refractivity contribution in [1.29, 1.82) is 0 Å². The van der Waals surface area contributed by atoms with Gasteiger partial charge in [0.2, 0.25) is 0 Å². The highest BCUT2D eigenvalue weighted by molar-refractivity contribution is 9.11. The minimum Gasteiger partial charge on any atom is -0.464 e. The molecule has 0 unspecified atom stereocenters. The Morgan fingerprint density at radius 1 is 1.24 bits per heavy atom. The van der Waals surface area contributed by atoms with Crippen molar-refractivity contribution in [2.45, 2.75) is 13.8 Å². The van der Waals surface area contributed by atoms with Gasteiger partial charge < -0.3 is 10.4 Å². The van der Waals surface area contributed by atoms with Gasteiger partial charge in [0, 0.05) is 27.3 Å². The van der Waals surface area contributed by atoms with Crippen LogP contribution in [0.5, 0.6) is 0 Å². The van der Waals surface area contributed by atoms with Gasteiger partial charge in [-0.15, -0.1) is 0 Å². The fourth-order valence-electron chi connectivity index (χ4n) is 3.00. The van der Waals surface area contributed by atoms with Crippen LogP contribution in [0.3, 0.4) is 0 Å². The van der Waals surface area contributed by atoms with Gasteiger partial charge in [0.05, 0.1) is 16.3 Å². The van der Waals surface area contributed by atoms with E-state index in [1.54, 1.807) is 32.0 Å². The molecule has 0 aliphatic rings. The summed E-state index contributed by atoms with van der Waals surface area (Å²) in [5.74, 6) is -1.01. The van der Waals surface area contributed by atoms with Crippen molar-refractivity contribution in [1.82, 2.24) is 25.2 Å². The van der Waals surface area contributed by atoms with Crippen LogP contribution in [0.4, 0.5) is 10.5 Å². The molecule has 0 bridgehead atoms. The summed E-state index contributed by atoms with van der Waals surface area (Å²) in [4.78, 5) is 41.9. The van der Waals surface area contributed by atoms with Crippen LogP contribution in [-0.4, -0.2) is 49.3 Å². The maximum Gasteiger partial charge on any atom is 0.423 e. The number of hydrogen-bond donors (Lipinski definition) is 3. The van der Waals surface area contributed by atoms with Gasteiger partial charge in [-0.2, -0.15) is 5.10 Å². The zero-order chi connectivity index (χ0) is 25.2. The highest BCUT2D eigenvalue weighted by Gasteiger charge is 2.27. The average Bonchev–Trinajstić information content (AvgIpc) is 3.07. The molecule has 3 rings (SSSR count). The number of carboxylic acid groups (broad SMARTS) is 1. The van der Waals surface area contributed by atoms with E-state index in [9.17, 15) is 14.4 Å². The number of rotatable bonds is 5. The lowest BCUT2D eigenvalue weighted by Crippen LogP contribution is -2.45. The van der Waals surface area contributed by atoms with E-state index < -0.39 is 17.9 Å². The molecule has 3 amide bonds. The van der Waals surface area contributed by atoms with Crippen molar-refractivity contribution >= 4 is 83.0 Å². The lowest BCUT2D eigenvalue weighted by atomic mass is 10.1. The topological polar surface area (TPSA) is 129 Å². The second kappa shape index (κ2) is 10.8. The van der Waals surface area contributed by atoms with Crippen LogP contribution < -0.4 is 10.7 Å². The van der Waals surface area contributed by atoms with Crippen molar-refractivity contribution in [3.05, 3.63) is 65.9 Å². The molecule has 0 aliphatic heterocycles. The quantitative estimate of drug-likeness (QED) is 0.310. The number of amides is 3. The number of nitrogens with zero attached hydrogens (tertiary/aromatic N) is 4. The van der Waals surface area contributed by atoms with Crippen molar-refractivity contribution in [2.24, 2.45) is 0 Å². The number of nitrogens with one attached hydrogen (secondary N) is 2. The summed E-state index contributed by atoms with van der Waals surface area (Å²) in [7, 11) is 0. The number of anilines is 1. The summed E-state index contributed by atoms with van der Waals surface area (Å²) in [6, 6.07) is 6.39. The highest BCUT2D eigenvalue weighted by Crippen LogP contribution is 2.33. The Morgan fingerprint density at radius 2 is 1.94 bits per heavy atom. The molecular formula is C20H16Br3ClN6O4. The van der Waals surface area contributed by atoms with Crippen molar-refractivity contribution in [3.63, 3.8) is 0 Å². The molecule has 0 aliphatic carbocycles. The number of carbonyl (C=O) groups is 3. The second-order valence-electron chi connectivity index (χ2n) is 6.72. The first-order chi connectivity index (χ1) is 16.0. The third-order valence-corrected chi connectivity index (χ3v) is 6.67. The average molecular weight is 680 g/mol. The molecule has 0 spiro atoms. The predicted octanol–water partition coefficient (Wildman–Crippen LogP) is 5.41. The first kappa shape index (κ1) is 26.1. The third-order valence-electron chi connectivity index (χ3n) is 4.53. The molecule has 2 heterocycles. The normalized spacial score (nSPS) is 10.6. The van der Waals surface area contributed by atoms with Crippen LogP contribution in [0.2, 0.25) is 5.02 Å². The lowest BCUT2D eigenvalue weighted by molar-refractivity contribution is 0.0661. The molecule has 0 fully saturated rings. The predicted molar refractivity (Wildman–Crippen MR) is 136 cm³/mol. The van der Waals surface area contributed by atoms with Gasteiger partial charge in [0.15, 0.2) is 5.82 Å². The van der Waals surface area contributed by atoms with Gasteiger partial charge in [0.25, 0.3) is 11.8 Å². The number of pyridine rings is 1. The summed E-state index contributed by atoms with van der Waals surface area (Å²) in [5, 5.41) is 17.3. The Labute approximate surface area is 224 Å². The highest BCUT2D eigenvalue weighted by atomic mass is 79.9. The summed E-state index contributed by atoms with van der Waals surface area (Å²) in [5.41, 5.74) is 2.88. The van der Waals surface area contributed by atoms with Crippen molar-refractivity contribution < 1.29 is 19.5 Å². The summed E-state index contributed by atoms with van der Waals surface area (Å²) >= 11 is 16.3. The minimum absolute atomic E-state index is 0.0452. The zero-order valence-electron chi connectivity index (χ0n) is 17.6. The molecule has 0 atom stereocenters. The van der Waals surface area contributed by atoms with E-state index in [4.69, 9.17) is 16.7 Å². The molecule has 0 saturated heterocycles. The molecule has 2 aromatic heterocycles. The maximum atomic E-state index is 13.5. The van der Waals surface area contributed by atoms with Crippen molar-refractivity contribution in [2.75, 3.05) is 11.9 Å². The van der Waals surface area contributed by atoms with Crippen LogP contribution in [0.15, 0.2) is 44.0 Å². The van der Waals surface area contributed by atoms with Crippen LogP contribution >= 0.6 is 59.4 Å². The van der Waals surface area contributed by atoms with E-state index >= 15 is 0 Å². The molecule has 1 aromatic carbocycles. The number of hydrazine groups is 1. The van der Waals surface area contributed by atoms with Gasteiger partial charge in [-0.25, -0.2) is 24.9 Å². The maximum absolute atomic E-state index is 13.5. The molecule has 3 N–H and O–H groups in total. The molecule has 14 heteroatoms. The second-order valence-corrected chi connectivity index (χ2v) is 9.64. The lowest BCUT2D eigenvalue weighted by Gasteiger charge is -2.22. The molecule has 0 radical (unpaired) electrons. The molecule has 10 nitrogen and oxygen atoms in total. The van der Waals surface area contributed by atoms with Crippen LogP contribution in [0.25, 0.3) is 5.82 Å². The van der Waals surface area contributed by atoms with E-state index in [0.29, 0.717) is 19.1 Å². The smallest absolute Gasteiger partial charge is 0.423 e. The monoisotopic (exact) mass is 676 g/mol. The molecule has 178 valence electrons. The van der Waals surface area contributed by atoms with Crippen LogP contribution in [-0.2, 0) is 0 Å². The standard InChI is InChI=1S/C20H16Br3ClN6O4/c1-3-29(28-20(33)34)19(32)11-7-10(21)8-12(22)14(11)26-18(31)15-9(2)16(23)27-30(15)17-13(24)5-4-6-25-17/h4-8,28H,3H2,1-2H3,(H,26,31)(H,33,34). The van der Waals surface area contributed by atoms with E-state index in [1.807, 2.05) is 5.43 Å².